The first kappa shape index (κ1) is 58.3. The van der Waals surface area contributed by atoms with Gasteiger partial charge in [-0.15, -0.1) is 5.75 Å². The summed E-state index contributed by atoms with van der Waals surface area (Å²) in [5.41, 5.74) is 0.705. The number of benzene rings is 4. The SMILES string of the molecule is CCCCCCCCCCCCCCc1c(Oc2ccccc2)cc(O)cc1S(=O)(=O)O.CCCCCCCCCCCCCCc1c(Oc2ccccc2)cc([O-])cc1S(=O)(=O)[O-].[Ca+2]. The number of hydrogen-bond acceptors (Lipinski definition) is 9. The van der Waals surface area contributed by atoms with Gasteiger partial charge in [-0.3, -0.25) is 4.55 Å². The zero-order valence-electron chi connectivity index (χ0n) is 39.2. The van der Waals surface area contributed by atoms with E-state index in [9.17, 15) is 36.2 Å². The van der Waals surface area contributed by atoms with E-state index in [2.05, 4.69) is 13.8 Å². The quantitative estimate of drug-likeness (QED) is 0.0272. The van der Waals surface area contributed by atoms with Gasteiger partial charge in [-0.05, 0) is 56.0 Å². The topological polar surface area (TPSA) is 173 Å². The summed E-state index contributed by atoms with van der Waals surface area (Å²) in [6.45, 7) is 4.47. The molecule has 0 amide bonds. The molecule has 0 atom stereocenters. The molecular weight excluding hydrogens is 889 g/mol. The minimum atomic E-state index is -4.77. The van der Waals surface area contributed by atoms with Crippen LogP contribution in [0.1, 0.15) is 179 Å². The van der Waals surface area contributed by atoms with Gasteiger partial charge in [-0.1, -0.05) is 198 Å². The Labute approximate surface area is 421 Å². The third-order valence-corrected chi connectivity index (χ3v) is 13.2. The molecule has 0 unspecified atom stereocenters. The maximum atomic E-state index is 12.0. The Bertz CT molecular complexity index is 1950. The zero-order chi connectivity index (χ0) is 46.5. The number of unbranched alkanes of at least 4 members (excludes halogenated alkanes) is 22. The van der Waals surface area contributed by atoms with Crippen LogP contribution in [0.25, 0.3) is 0 Å². The summed E-state index contributed by atoms with van der Waals surface area (Å²) >= 11 is 0. The van der Waals surface area contributed by atoms with Crippen molar-refractivity contribution in [2.45, 2.75) is 191 Å². The van der Waals surface area contributed by atoms with Crippen molar-refractivity contribution in [3.05, 3.63) is 96.1 Å². The minimum Gasteiger partial charge on any atom is -0.872 e. The zero-order valence-corrected chi connectivity index (χ0v) is 43.0. The van der Waals surface area contributed by atoms with Gasteiger partial charge in [0.2, 0.25) is 0 Å². The standard InChI is InChI=1S/2C26H38O5S.Ca/c2*1-2-3-4-5-6-7-8-9-10-11-12-16-19-24-25(31-23-17-14-13-15-18-23)20-22(27)21-26(24)32(28,29)30;/h2*13-15,17-18,20-21,27H,2-12,16,19H2,1H3,(H,28,29,30);/q;;+2/p-2. The van der Waals surface area contributed by atoms with Crippen LogP contribution in [-0.2, 0) is 33.1 Å². The first-order valence-corrected chi connectivity index (χ1v) is 26.8. The molecule has 0 aliphatic rings. The second-order valence-electron chi connectivity index (χ2n) is 16.9. The van der Waals surface area contributed by atoms with E-state index in [-0.39, 0.29) is 59.9 Å². The predicted octanol–water partition coefficient (Wildman–Crippen LogP) is 14.0. The summed E-state index contributed by atoms with van der Waals surface area (Å²) in [6.07, 6.45) is 29.8. The first-order valence-electron chi connectivity index (χ1n) is 23.9. The van der Waals surface area contributed by atoms with Gasteiger partial charge in [0.15, 0.2) is 0 Å². The van der Waals surface area contributed by atoms with Crippen LogP contribution in [0.3, 0.4) is 0 Å². The predicted molar refractivity (Wildman–Crippen MR) is 260 cm³/mol. The van der Waals surface area contributed by atoms with Crippen LogP contribution in [-0.4, -0.2) is 68.8 Å². The second kappa shape index (κ2) is 33.6. The number of rotatable bonds is 32. The fourth-order valence-electron chi connectivity index (χ4n) is 7.85. The molecule has 0 saturated carbocycles. The molecular formula is C52H74CaO10S2. The normalized spacial score (nSPS) is 11.4. The van der Waals surface area contributed by atoms with Crippen LogP contribution >= 0.6 is 0 Å². The first-order chi connectivity index (χ1) is 30.8. The Kier molecular flexibility index (Phi) is 30.1. The minimum absolute atomic E-state index is 0. The van der Waals surface area contributed by atoms with E-state index in [1.165, 1.54) is 121 Å². The number of hydrogen-bond donors (Lipinski definition) is 2. The maximum Gasteiger partial charge on any atom is 2.00 e. The Morgan fingerprint density at radius 2 is 0.815 bits per heavy atom. The summed E-state index contributed by atoms with van der Waals surface area (Å²) in [5, 5.41) is 22.0. The molecule has 0 bridgehead atoms. The van der Waals surface area contributed by atoms with Gasteiger partial charge in [0.1, 0.15) is 43.8 Å². The molecule has 0 radical (unpaired) electrons. The van der Waals surface area contributed by atoms with Crippen LogP contribution in [0.2, 0.25) is 0 Å². The molecule has 0 aliphatic heterocycles. The number of phenolic OH excluding ortho intramolecular Hbond substituents is 1. The molecule has 0 aliphatic carbocycles. The summed E-state index contributed by atoms with van der Waals surface area (Å²) in [5.74, 6) is 0.623. The van der Waals surface area contributed by atoms with Crippen LogP contribution in [0.15, 0.2) is 94.7 Å². The molecule has 10 nitrogen and oxygen atoms in total. The van der Waals surface area contributed by atoms with Gasteiger partial charge in [0.25, 0.3) is 10.1 Å². The van der Waals surface area contributed by atoms with Crippen molar-refractivity contribution >= 4 is 58.0 Å². The Balaban J connectivity index is 0.000000440. The van der Waals surface area contributed by atoms with Crippen molar-refractivity contribution in [1.29, 1.82) is 0 Å². The number of ether oxygens (including phenoxy) is 2. The maximum absolute atomic E-state index is 12.0. The van der Waals surface area contributed by atoms with Crippen molar-refractivity contribution in [3.63, 3.8) is 0 Å². The van der Waals surface area contributed by atoms with E-state index in [1.807, 2.05) is 24.3 Å². The fraction of sp³-hybridized carbons (Fsp3) is 0.538. The van der Waals surface area contributed by atoms with Gasteiger partial charge in [-0.2, -0.15) is 8.42 Å². The molecule has 4 aromatic carbocycles. The van der Waals surface area contributed by atoms with Crippen molar-refractivity contribution in [2.24, 2.45) is 0 Å². The third-order valence-electron chi connectivity index (χ3n) is 11.3. The molecule has 65 heavy (non-hydrogen) atoms. The smallest absolute Gasteiger partial charge is 0.872 e. The molecule has 2 N–H and O–H groups in total. The molecule has 13 heteroatoms. The van der Waals surface area contributed by atoms with Gasteiger partial charge in [-0.25, -0.2) is 8.42 Å². The average Bonchev–Trinajstić information content (AvgIpc) is 3.25. The number of phenols is 1. The summed E-state index contributed by atoms with van der Waals surface area (Å²) in [7, 11) is -9.24. The Morgan fingerprint density at radius 3 is 1.17 bits per heavy atom. The summed E-state index contributed by atoms with van der Waals surface area (Å²) in [4.78, 5) is -0.745. The van der Waals surface area contributed by atoms with E-state index >= 15 is 0 Å². The third kappa shape index (κ3) is 24.7. The molecule has 4 aromatic rings. The van der Waals surface area contributed by atoms with Crippen LogP contribution in [0, 0.1) is 0 Å². The van der Waals surface area contributed by atoms with E-state index in [0.717, 1.165) is 57.1 Å². The van der Waals surface area contributed by atoms with E-state index in [0.29, 0.717) is 35.5 Å². The molecule has 4 rings (SSSR count). The monoisotopic (exact) mass is 962 g/mol. The van der Waals surface area contributed by atoms with Gasteiger partial charge < -0.3 is 24.2 Å². The summed E-state index contributed by atoms with van der Waals surface area (Å²) in [6, 6.07) is 22.5. The van der Waals surface area contributed by atoms with Crippen molar-refractivity contribution in [2.75, 3.05) is 0 Å². The van der Waals surface area contributed by atoms with E-state index in [4.69, 9.17) is 9.47 Å². The van der Waals surface area contributed by atoms with Crippen molar-refractivity contribution in [3.8, 4) is 34.5 Å². The number of aromatic hydroxyl groups is 1. The fourth-order valence-corrected chi connectivity index (χ4v) is 9.39. The van der Waals surface area contributed by atoms with Crippen molar-refractivity contribution < 1.29 is 45.6 Å². The van der Waals surface area contributed by atoms with E-state index < -0.39 is 30.9 Å². The largest absolute Gasteiger partial charge is 2.00 e. The van der Waals surface area contributed by atoms with Crippen molar-refractivity contribution in [1.82, 2.24) is 0 Å². The van der Waals surface area contributed by atoms with Crippen LogP contribution in [0.4, 0.5) is 0 Å². The van der Waals surface area contributed by atoms with E-state index in [1.54, 1.807) is 36.4 Å². The Hall–Kier alpha value is -2.84. The molecule has 356 valence electrons. The van der Waals surface area contributed by atoms with Gasteiger partial charge >= 0.3 is 37.7 Å². The molecule has 0 fully saturated rings. The van der Waals surface area contributed by atoms with Crippen LogP contribution in [0.5, 0.6) is 34.5 Å². The molecule has 0 saturated heterocycles. The molecule has 0 heterocycles. The van der Waals surface area contributed by atoms with Crippen LogP contribution < -0.4 is 14.6 Å². The van der Waals surface area contributed by atoms with Gasteiger partial charge in [0.05, 0.1) is 4.90 Å². The number of para-hydroxylation sites is 2. The molecule has 0 aromatic heterocycles. The summed E-state index contributed by atoms with van der Waals surface area (Å²) < 4.78 is 80.5. The average molecular weight is 963 g/mol. The molecule has 0 spiro atoms. The van der Waals surface area contributed by atoms with Gasteiger partial charge in [0, 0.05) is 23.3 Å². The second-order valence-corrected chi connectivity index (χ2v) is 19.6. The Morgan fingerprint density at radius 1 is 0.477 bits per heavy atom.